The summed E-state index contributed by atoms with van der Waals surface area (Å²) in [6.07, 6.45) is 1.74. The zero-order valence-electron chi connectivity index (χ0n) is 19.4. The second-order valence-electron chi connectivity index (χ2n) is 8.19. The first-order valence-corrected chi connectivity index (χ1v) is 11.3. The molecule has 0 saturated heterocycles. The summed E-state index contributed by atoms with van der Waals surface area (Å²) in [6.45, 7) is 1.78. The third-order valence-electron chi connectivity index (χ3n) is 5.74. The van der Waals surface area contributed by atoms with Gasteiger partial charge in [0.05, 0.1) is 28.6 Å². The Morgan fingerprint density at radius 2 is 1.72 bits per heavy atom. The molecule has 0 bridgehead atoms. The molecule has 0 unspecified atom stereocenters. The number of pyridine rings is 2. The number of benzene rings is 2. The van der Waals surface area contributed by atoms with Gasteiger partial charge in [-0.25, -0.2) is 15.0 Å². The van der Waals surface area contributed by atoms with Gasteiger partial charge in [0, 0.05) is 22.7 Å². The van der Waals surface area contributed by atoms with Crippen molar-refractivity contribution in [3.05, 3.63) is 102 Å². The minimum atomic E-state index is -0.486. The van der Waals surface area contributed by atoms with Crippen molar-refractivity contribution >= 4 is 22.6 Å². The molecule has 0 fully saturated rings. The van der Waals surface area contributed by atoms with E-state index in [0.29, 0.717) is 17.1 Å². The second-order valence-corrected chi connectivity index (χ2v) is 8.19. The lowest BCUT2D eigenvalue weighted by Gasteiger charge is -2.16. The van der Waals surface area contributed by atoms with E-state index in [1.54, 1.807) is 31.3 Å². The van der Waals surface area contributed by atoms with Crippen molar-refractivity contribution in [2.75, 3.05) is 5.73 Å². The monoisotopic (exact) mass is 471 g/mol. The first-order chi connectivity index (χ1) is 17.5. The highest BCUT2D eigenvalue weighted by molar-refractivity contribution is 5.98. The number of carbonyl (C=O) groups is 1. The van der Waals surface area contributed by atoms with Crippen LogP contribution < -0.4 is 11.1 Å². The fourth-order valence-electron chi connectivity index (χ4n) is 3.93. The van der Waals surface area contributed by atoms with Crippen LogP contribution in [0.4, 0.5) is 5.82 Å². The Balaban J connectivity index is 1.58. The van der Waals surface area contributed by atoms with E-state index >= 15 is 0 Å². The van der Waals surface area contributed by atoms with Crippen molar-refractivity contribution in [1.29, 1.82) is 5.26 Å². The van der Waals surface area contributed by atoms with Gasteiger partial charge in [0.15, 0.2) is 11.5 Å². The molecule has 0 radical (unpaired) electrons. The molecule has 3 aromatic heterocycles. The van der Waals surface area contributed by atoms with Gasteiger partial charge in [-0.3, -0.25) is 9.78 Å². The number of hydrogen-bond donors (Lipinski definition) is 2. The van der Waals surface area contributed by atoms with Crippen molar-refractivity contribution in [2.45, 2.75) is 13.0 Å². The van der Waals surface area contributed by atoms with Gasteiger partial charge in [-0.05, 0) is 37.3 Å². The van der Waals surface area contributed by atoms with E-state index in [2.05, 4.69) is 20.3 Å². The van der Waals surface area contributed by atoms with E-state index in [-0.39, 0.29) is 17.2 Å². The van der Waals surface area contributed by atoms with Crippen LogP contribution in [-0.4, -0.2) is 25.8 Å². The fourth-order valence-corrected chi connectivity index (χ4v) is 3.93. The van der Waals surface area contributed by atoms with E-state index in [0.717, 1.165) is 22.0 Å². The first kappa shape index (κ1) is 22.6. The molecule has 8 heteroatoms. The molecular formula is C28H21N7O. The number of nitrogens with two attached hydrogens (primary N) is 1. The smallest absolute Gasteiger partial charge is 0.274 e. The van der Waals surface area contributed by atoms with Crippen LogP contribution in [0.25, 0.3) is 33.4 Å². The molecule has 0 saturated carbocycles. The number of nitrogens with zero attached hydrogens (tertiary/aromatic N) is 5. The summed E-state index contributed by atoms with van der Waals surface area (Å²) in [5, 5.41) is 12.9. The van der Waals surface area contributed by atoms with Crippen LogP contribution in [0.5, 0.6) is 0 Å². The molecule has 5 aromatic rings. The number of nitriles is 1. The lowest BCUT2D eigenvalue weighted by atomic mass is 10.0. The van der Waals surface area contributed by atoms with Gasteiger partial charge in [0.1, 0.15) is 11.8 Å². The second kappa shape index (κ2) is 9.60. The molecule has 5 rings (SSSR count). The van der Waals surface area contributed by atoms with E-state index < -0.39 is 11.9 Å². The van der Waals surface area contributed by atoms with E-state index in [4.69, 9.17) is 16.0 Å². The molecule has 2 aromatic carbocycles. The topological polar surface area (TPSA) is 130 Å². The predicted molar refractivity (Wildman–Crippen MR) is 137 cm³/mol. The van der Waals surface area contributed by atoms with Gasteiger partial charge in [-0.15, -0.1) is 0 Å². The van der Waals surface area contributed by atoms with Crippen LogP contribution in [-0.2, 0) is 0 Å². The van der Waals surface area contributed by atoms with E-state index in [9.17, 15) is 4.79 Å². The Morgan fingerprint density at radius 3 is 2.53 bits per heavy atom. The molecule has 0 aliphatic rings. The van der Waals surface area contributed by atoms with Crippen molar-refractivity contribution in [3.8, 4) is 28.6 Å². The SMILES string of the molecule is C[C@H](NC(=O)c1nc(-c2ccc3ncccc3c2)c(-c2ccccc2)nc1N)c1cccc(C#N)n1. The Bertz CT molecular complexity index is 1630. The number of carbonyl (C=O) groups excluding carboxylic acids is 1. The molecule has 1 amide bonds. The highest BCUT2D eigenvalue weighted by Gasteiger charge is 2.22. The van der Waals surface area contributed by atoms with E-state index in [1.165, 1.54) is 0 Å². The summed E-state index contributed by atoms with van der Waals surface area (Å²) < 4.78 is 0. The third kappa shape index (κ3) is 4.45. The van der Waals surface area contributed by atoms with Crippen LogP contribution in [0.15, 0.2) is 85.1 Å². The zero-order valence-corrected chi connectivity index (χ0v) is 19.4. The summed E-state index contributed by atoms with van der Waals surface area (Å²) in [5.74, 6) is -0.469. The van der Waals surface area contributed by atoms with Crippen molar-refractivity contribution in [3.63, 3.8) is 0 Å². The van der Waals surface area contributed by atoms with Gasteiger partial charge in [0.2, 0.25) is 0 Å². The normalized spacial score (nSPS) is 11.6. The highest BCUT2D eigenvalue weighted by Crippen LogP contribution is 2.32. The molecule has 0 aliphatic heterocycles. The Kier molecular flexibility index (Phi) is 6.03. The third-order valence-corrected chi connectivity index (χ3v) is 5.74. The Hall–Kier alpha value is -5.16. The lowest BCUT2D eigenvalue weighted by molar-refractivity contribution is 0.0935. The number of anilines is 1. The van der Waals surface area contributed by atoms with E-state index in [1.807, 2.05) is 66.7 Å². The van der Waals surface area contributed by atoms with Crippen LogP contribution in [0, 0.1) is 11.3 Å². The minimum Gasteiger partial charge on any atom is -0.382 e. The molecule has 36 heavy (non-hydrogen) atoms. The number of nitrogens with one attached hydrogen (secondary N) is 1. The van der Waals surface area contributed by atoms with Crippen molar-refractivity contribution in [1.82, 2.24) is 25.3 Å². The molecule has 0 spiro atoms. The van der Waals surface area contributed by atoms with Gasteiger partial charge in [0.25, 0.3) is 5.91 Å². The van der Waals surface area contributed by atoms with Crippen molar-refractivity contribution < 1.29 is 4.79 Å². The maximum absolute atomic E-state index is 13.3. The summed E-state index contributed by atoms with van der Waals surface area (Å²) in [4.78, 5) is 31.2. The molecule has 8 nitrogen and oxygen atoms in total. The standard InChI is InChI=1S/C28H21N7O/c1-17(22-11-5-10-21(16-29)33-22)32-28(36)26-27(30)35-24(18-7-3-2-4-8-18)25(34-26)20-12-13-23-19(15-20)9-6-14-31-23/h2-15,17H,1H3,(H2,30,35)(H,32,36)/t17-/m0/s1. The van der Waals surface area contributed by atoms with Crippen LogP contribution in [0.1, 0.15) is 34.8 Å². The molecule has 3 heterocycles. The Labute approximate surface area is 207 Å². The largest absolute Gasteiger partial charge is 0.382 e. The quantitative estimate of drug-likeness (QED) is 0.380. The number of amides is 1. The summed E-state index contributed by atoms with van der Waals surface area (Å²) in [5.41, 5.74) is 10.7. The first-order valence-electron chi connectivity index (χ1n) is 11.3. The number of aromatic nitrogens is 4. The maximum Gasteiger partial charge on any atom is 0.274 e. The van der Waals surface area contributed by atoms with Gasteiger partial charge < -0.3 is 11.1 Å². The fraction of sp³-hybridized carbons (Fsp3) is 0.0714. The number of hydrogen-bond acceptors (Lipinski definition) is 7. The van der Waals surface area contributed by atoms with Gasteiger partial charge in [-0.1, -0.05) is 48.5 Å². The summed E-state index contributed by atoms with van der Waals surface area (Å²) in [6, 6.07) is 25.8. The van der Waals surface area contributed by atoms with Gasteiger partial charge >= 0.3 is 0 Å². The van der Waals surface area contributed by atoms with Crippen LogP contribution in [0.2, 0.25) is 0 Å². The predicted octanol–water partition coefficient (Wildman–Crippen LogP) is 4.70. The van der Waals surface area contributed by atoms with Crippen molar-refractivity contribution in [2.24, 2.45) is 0 Å². The highest BCUT2D eigenvalue weighted by atomic mass is 16.2. The molecule has 0 aliphatic carbocycles. The average molecular weight is 472 g/mol. The summed E-state index contributed by atoms with van der Waals surface area (Å²) >= 11 is 0. The zero-order chi connectivity index (χ0) is 25.1. The summed E-state index contributed by atoms with van der Waals surface area (Å²) in [7, 11) is 0. The van der Waals surface area contributed by atoms with Crippen LogP contribution >= 0.6 is 0 Å². The minimum absolute atomic E-state index is 0.0132. The number of fused-ring (bicyclic) bond motifs is 1. The lowest BCUT2D eigenvalue weighted by Crippen LogP contribution is -2.29. The molecular weight excluding hydrogens is 450 g/mol. The van der Waals surface area contributed by atoms with Gasteiger partial charge in [-0.2, -0.15) is 5.26 Å². The molecule has 174 valence electrons. The maximum atomic E-state index is 13.3. The Morgan fingerprint density at radius 1 is 0.917 bits per heavy atom. The molecule has 3 N–H and O–H groups in total. The number of nitrogen functional groups attached to an aromatic ring is 1. The van der Waals surface area contributed by atoms with Crippen LogP contribution in [0.3, 0.4) is 0 Å². The molecule has 1 atom stereocenters. The average Bonchev–Trinajstić information content (AvgIpc) is 2.93. The number of rotatable bonds is 5.